The van der Waals surface area contributed by atoms with E-state index >= 15 is 0 Å². The quantitative estimate of drug-likeness (QED) is 0.311. The molecule has 0 atom stereocenters. The van der Waals surface area contributed by atoms with Crippen LogP contribution in [-0.4, -0.2) is 89.1 Å². The summed E-state index contributed by atoms with van der Waals surface area (Å²) in [5.74, 6) is 3.66. The molecular formula is C23H36IN7O2. The van der Waals surface area contributed by atoms with Crippen LogP contribution < -0.4 is 10.1 Å². The lowest BCUT2D eigenvalue weighted by Gasteiger charge is -2.35. The van der Waals surface area contributed by atoms with E-state index in [1.165, 1.54) is 0 Å². The number of likely N-dealkylation sites (tertiary alicyclic amines) is 1. The van der Waals surface area contributed by atoms with E-state index in [1.54, 1.807) is 0 Å². The van der Waals surface area contributed by atoms with E-state index in [0.717, 1.165) is 88.7 Å². The van der Waals surface area contributed by atoms with Crippen LogP contribution in [0.3, 0.4) is 0 Å². The van der Waals surface area contributed by atoms with Crippen LogP contribution in [0.15, 0.2) is 35.3 Å². The summed E-state index contributed by atoms with van der Waals surface area (Å²) in [5.41, 5.74) is 0. The molecule has 0 amide bonds. The minimum atomic E-state index is 0. The predicted octanol–water partition coefficient (Wildman–Crippen LogP) is 2.06. The normalized spacial score (nSPS) is 18.1. The first-order valence-corrected chi connectivity index (χ1v) is 11.6. The number of hydrogen-bond acceptors (Lipinski definition) is 6. The van der Waals surface area contributed by atoms with Gasteiger partial charge in [0.05, 0.1) is 13.2 Å². The molecule has 182 valence electrons. The Labute approximate surface area is 213 Å². The van der Waals surface area contributed by atoms with E-state index in [9.17, 15) is 0 Å². The summed E-state index contributed by atoms with van der Waals surface area (Å²) in [6, 6.07) is 10.1. The van der Waals surface area contributed by atoms with Crippen molar-refractivity contribution in [2.45, 2.75) is 32.4 Å². The standard InChI is InChI=1S/C23H35N7O2.HI/c1-19-26-27-22(28(19)2)18-25-23(24-10-13-29-14-16-31-17-15-29)30-11-8-21(9-12-30)32-20-6-4-3-5-7-20;/h3-7,21H,8-18H2,1-2H3,(H,24,25);1H. The summed E-state index contributed by atoms with van der Waals surface area (Å²) in [7, 11) is 1.98. The van der Waals surface area contributed by atoms with Crippen molar-refractivity contribution in [3.8, 4) is 5.75 Å². The maximum absolute atomic E-state index is 6.16. The fraction of sp³-hybridized carbons (Fsp3) is 0.609. The molecule has 0 unspecified atom stereocenters. The van der Waals surface area contributed by atoms with Crippen LogP contribution in [0.1, 0.15) is 24.5 Å². The molecule has 2 aliphatic heterocycles. The fourth-order valence-electron chi connectivity index (χ4n) is 4.03. The second-order valence-corrected chi connectivity index (χ2v) is 8.36. The number of aromatic nitrogens is 3. The van der Waals surface area contributed by atoms with E-state index in [-0.39, 0.29) is 30.1 Å². The molecule has 2 aromatic rings. The van der Waals surface area contributed by atoms with Crippen LogP contribution in [0.4, 0.5) is 0 Å². The van der Waals surface area contributed by atoms with Crippen molar-refractivity contribution in [2.75, 3.05) is 52.5 Å². The number of benzene rings is 1. The second kappa shape index (κ2) is 13.1. The first kappa shape index (κ1) is 25.7. The molecule has 0 aliphatic carbocycles. The molecule has 0 spiro atoms. The van der Waals surface area contributed by atoms with Gasteiger partial charge >= 0.3 is 0 Å². The molecule has 2 aliphatic rings. The zero-order chi connectivity index (χ0) is 22.2. The zero-order valence-corrected chi connectivity index (χ0v) is 22.0. The number of nitrogens with zero attached hydrogens (tertiary/aromatic N) is 6. The SMILES string of the molecule is Cc1nnc(CN=C(NCCN2CCOCC2)N2CCC(Oc3ccccc3)CC2)n1C.I. The molecule has 1 N–H and O–H groups in total. The minimum Gasteiger partial charge on any atom is -0.490 e. The molecule has 0 bridgehead atoms. The largest absolute Gasteiger partial charge is 0.490 e. The molecule has 33 heavy (non-hydrogen) atoms. The number of aliphatic imine (C=N–C) groups is 1. The number of piperidine rings is 1. The van der Waals surface area contributed by atoms with Crippen LogP contribution in [-0.2, 0) is 18.3 Å². The Hall–Kier alpha value is -1.92. The Balaban J connectivity index is 0.00000306. The molecule has 2 fully saturated rings. The van der Waals surface area contributed by atoms with E-state index in [1.807, 2.05) is 48.9 Å². The summed E-state index contributed by atoms with van der Waals surface area (Å²) in [6.45, 7) is 9.77. The highest BCUT2D eigenvalue weighted by Gasteiger charge is 2.23. The number of aryl methyl sites for hydroxylation is 1. The maximum Gasteiger partial charge on any atom is 0.194 e. The lowest BCUT2D eigenvalue weighted by atomic mass is 10.1. The van der Waals surface area contributed by atoms with Gasteiger partial charge in [0.25, 0.3) is 0 Å². The number of para-hydroxylation sites is 1. The highest BCUT2D eigenvalue weighted by atomic mass is 127. The first-order valence-electron chi connectivity index (χ1n) is 11.6. The average molecular weight is 569 g/mol. The molecule has 1 aromatic heterocycles. The van der Waals surface area contributed by atoms with Gasteiger partial charge in [-0.05, 0) is 19.1 Å². The summed E-state index contributed by atoms with van der Waals surface area (Å²) in [5, 5.41) is 12.0. The first-order chi connectivity index (χ1) is 15.7. The van der Waals surface area contributed by atoms with Gasteiger partial charge in [0.15, 0.2) is 11.8 Å². The molecule has 10 heteroatoms. The van der Waals surface area contributed by atoms with E-state index < -0.39 is 0 Å². The highest BCUT2D eigenvalue weighted by molar-refractivity contribution is 14.0. The van der Waals surface area contributed by atoms with Gasteiger partial charge in [-0.3, -0.25) is 4.90 Å². The Morgan fingerprint density at radius 1 is 1.12 bits per heavy atom. The molecule has 9 nitrogen and oxygen atoms in total. The Kier molecular flexibility index (Phi) is 10.2. The monoisotopic (exact) mass is 569 g/mol. The summed E-state index contributed by atoms with van der Waals surface area (Å²) < 4.78 is 13.6. The van der Waals surface area contributed by atoms with Gasteiger partial charge in [-0.25, -0.2) is 4.99 Å². The van der Waals surface area contributed by atoms with Gasteiger partial charge < -0.3 is 24.3 Å². The molecule has 3 heterocycles. The van der Waals surface area contributed by atoms with Gasteiger partial charge in [0.1, 0.15) is 24.2 Å². The third-order valence-electron chi connectivity index (χ3n) is 6.16. The van der Waals surface area contributed by atoms with Crippen molar-refractivity contribution >= 4 is 29.9 Å². The lowest BCUT2D eigenvalue weighted by Crippen LogP contribution is -2.49. The molecule has 4 rings (SSSR count). The van der Waals surface area contributed by atoms with E-state index in [0.29, 0.717) is 6.54 Å². The number of rotatable bonds is 7. The number of morpholine rings is 1. The van der Waals surface area contributed by atoms with Crippen molar-refractivity contribution in [1.29, 1.82) is 0 Å². The smallest absolute Gasteiger partial charge is 0.194 e. The minimum absolute atomic E-state index is 0. The van der Waals surface area contributed by atoms with Crippen LogP contribution in [0, 0.1) is 6.92 Å². The van der Waals surface area contributed by atoms with Gasteiger partial charge in [-0.1, -0.05) is 18.2 Å². The Morgan fingerprint density at radius 2 is 1.85 bits per heavy atom. The molecule has 2 saturated heterocycles. The van der Waals surface area contributed by atoms with Crippen molar-refractivity contribution in [1.82, 2.24) is 29.9 Å². The molecule has 1 aromatic carbocycles. The Morgan fingerprint density at radius 3 is 2.52 bits per heavy atom. The van der Waals surface area contributed by atoms with Gasteiger partial charge in [0.2, 0.25) is 0 Å². The summed E-state index contributed by atoms with van der Waals surface area (Å²) >= 11 is 0. The van der Waals surface area contributed by atoms with Crippen molar-refractivity contribution in [3.05, 3.63) is 42.0 Å². The summed E-state index contributed by atoms with van der Waals surface area (Å²) in [4.78, 5) is 9.68. The Bertz CT molecular complexity index is 863. The number of ether oxygens (including phenoxy) is 2. The average Bonchev–Trinajstić information content (AvgIpc) is 3.15. The van der Waals surface area contributed by atoms with Gasteiger partial charge in [0, 0.05) is 59.2 Å². The number of nitrogens with one attached hydrogen (secondary N) is 1. The second-order valence-electron chi connectivity index (χ2n) is 8.36. The van der Waals surface area contributed by atoms with Crippen LogP contribution >= 0.6 is 24.0 Å². The number of halogens is 1. The molecule has 0 radical (unpaired) electrons. The van der Waals surface area contributed by atoms with Gasteiger partial charge in [-0.15, -0.1) is 34.2 Å². The zero-order valence-electron chi connectivity index (χ0n) is 19.7. The fourth-order valence-corrected chi connectivity index (χ4v) is 4.03. The van der Waals surface area contributed by atoms with Crippen molar-refractivity contribution in [2.24, 2.45) is 12.0 Å². The van der Waals surface area contributed by atoms with Crippen molar-refractivity contribution in [3.63, 3.8) is 0 Å². The maximum atomic E-state index is 6.16. The topological polar surface area (TPSA) is 80.0 Å². The van der Waals surface area contributed by atoms with Crippen LogP contribution in [0.25, 0.3) is 0 Å². The van der Waals surface area contributed by atoms with Crippen molar-refractivity contribution < 1.29 is 9.47 Å². The van der Waals surface area contributed by atoms with Crippen LogP contribution in [0.5, 0.6) is 5.75 Å². The predicted molar refractivity (Wildman–Crippen MR) is 139 cm³/mol. The van der Waals surface area contributed by atoms with E-state index in [2.05, 4.69) is 25.3 Å². The molecule has 0 saturated carbocycles. The third kappa shape index (κ3) is 7.54. The number of guanidine groups is 1. The molecular weight excluding hydrogens is 533 g/mol. The van der Waals surface area contributed by atoms with Gasteiger partial charge in [-0.2, -0.15) is 0 Å². The third-order valence-corrected chi connectivity index (χ3v) is 6.16. The van der Waals surface area contributed by atoms with E-state index in [4.69, 9.17) is 14.5 Å². The number of hydrogen-bond donors (Lipinski definition) is 1. The lowest BCUT2D eigenvalue weighted by molar-refractivity contribution is 0.0388. The summed E-state index contributed by atoms with van der Waals surface area (Å²) in [6.07, 6.45) is 2.19. The highest BCUT2D eigenvalue weighted by Crippen LogP contribution is 2.19. The van der Waals surface area contributed by atoms with Crippen LogP contribution in [0.2, 0.25) is 0 Å².